The minimum absolute atomic E-state index is 0.0925. The summed E-state index contributed by atoms with van der Waals surface area (Å²) in [5, 5.41) is 0. The van der Waals surface area contributed by atoms with Gasteiger partial charge in [0.1, 0.15) is 23.9 Å². The standard InChI is InChI=1S/C45H44O11/c1-27-26-33(52-39(47)29-18-10-6-11-19-29)36(54-41(49)31-22-14-8-15-23-31)44(5)38(55-42(50)32-24-16-9-17-25-32)35(53-40(48)30-20-12-7-13-21-30)34-37(51-28(2)46)45(27,44)56-43(34,3)4/h6-25,27,33-38H,26H2,1-5H3/t27-,33+,34-,35-,36+,37-,38-,44+,45?/m1/s1. The Kier molecular flexibility index (Phi) is 10.3. The highest BCUT2D eigenvalue weighted by molar-refractivity contribution is 5.92. The number of hydrogen-bond donors (Lipinski definition) is 0. The fraction of sp³-hybridized carbons (Fsp3) is 0.356. The summed E-state index contributed by atoms with van der Waals surface area (Å²) in [6, 6.07) is 33.3. The molecule has 0 aromatic heterocycles. The van der Waals surface area contributed by atoms with Crippen LogP contribution in [0.2, 0.25) is 0 Å². The molecule has 2 bridgehead atoms. The van der Waals surface area contributed by atoms with Gasteiger partial charge in [-0.1, -0.05) is 79.7 Å². The van der Waals surface area contributed by atoms with E-state index >= 15 is 0 Å². The number of carbonyl (C=O) groups excluding carboxylic acids is 5. The molecule has 290 valence electrons. The second-order valence-electron chi connectivity index (χ2n) is 15.4. The van der Waals surface area contributed by atoms with Crippen LogP contribution in [-0.2, 0) is 33.2 Å². The van der Waals surface area contributed by atoms with Crippen LogP contribution < -0.4 is 0 Å². The Morgan fingerprint density at radius 2 is 0.929 bits per heavy atom. The van der Waals surface area contributed by atoms with E-state index in [1.54, 1.807) is 142 Å². The lowest BCUT2D eigenvalue weighted by Gasteiger charge is -2.63. The Balaban J connectivity index is 1.46. The number of benzene rings is 4. The van der Waals surface area contributed by atoms with E-state index in [9.17, 15) is 24.0 Å². The van der Waals surface area contributed by atoms with Crippen LogP contribution in [-0.4, -0.2) is 71.6 Å². The predicted molar refractivity (Wildman–Crippen MR) is 201 cm³/mol. The molecule has 1 heterocycles. The zero-order chi connectivity index (χ0) is 39.8. The van der Waals surface area contributed by atoms with Crippen LogP contribution in [0.3, 0.4) is 0 Å². The summed E-state index contributed by atoms with van der Waals surface area (Å²) in [7, 11) is 0. The normalized spacial score (nSPS) is 29.8. The van der Waals surface area contributed by atoms with E-state index in [-0.39, 0.29) is 28.7 Å². The quantitative estimate of drug-likeness (QED) is 0.128. The second-order valence-corrected chi connectivity index (χ2v) is 15.4. The zero-order valence-corrected chi connectivity index (χ0v) is 31.8. The van der Waals surface area contributed by atoms with Crippen molar-refractivity contribution in [1.82, 2.24) is 0 Å². The van der Waals surface area contributed by atoms with Gasteiger partial charge in [0.2, 0.25) is 0 Å². The molecule has 7 rings (SSSR count). The van der Waals surface area contributed by atoms with Gasteiger partial charge in [-0.3, -0.25) is 4.79 Å². The average molecular weight is 761 g/mol. The van der Waals surface area contributed by atoms with Gasteiger partial charge < -0.3 is 28.4 Å². The Labute approximate surface area is 325 Å². The Morgan fingerprint density at radius 1 is 0.536 bits per heavy atom. The summed E-state index contributed by atoms with van der Waals surface area (Å²) in [5.41, 5.74) is -3.56. The third-order valence-corrected chi connectivity index (χ3v) is 11.6. The molecular formula is C45H44O11. The number of rotatable bonds is 9. The lowest BCUT2D eigenvalue weighted by atomic mass is 9.47. The minimum Gasteiger partial charge on any atom is -0.459 e. The summed E-state index contributed by atoms with van der Waals surface area (Å²) in [5.74, 6) is -5.02. The van der Waals surface area contributed by atoms with Crippen LogP contribution in [0.4, 0.5) is 0 Å². The summed E-state index contributed by atoms with van der Waals surface area (Å²) < 4.78 is 39.2. The van der Waals surface area contributed by atoms with E-state index in [4.69, 9.17) is 28.4 Å². The number of carbonyl (C=O) groups is 5. The molecule has 0 N–H and O–H groups in total. The van der Waals surface area contributed by atoms with Gasteiger partial charge in [0.15, 0.2) is 12.2 Å². The van der Waals surface area contributed by atoms with Gasteiger partial charge in [0.25, 0.3) is 0 Å². The summed E-state index contributed by atoms with van der Waals surface area (Å²) in [6.07, 6.45) is -6.35. The molecule has 4 aromatic carbocycles. The van der Waals surface area contributed by atoms with Gasteiger partial charge in [0.05, 0.1) is 39.2 Å². The molecule has 1 saturated heterocycles. The van der Waals surface area contributed by atoms with E-state index in [0.29, 0.717) is 0 Å². The van der Waals surface area contributed by atoms with Crippen molar-refractivity contribution in [2.24, 2.45) is 17.3 Å². The molecule has 3 aliphatic rings. The SMILES string of the molecule is CC(=O)O[C@@H]1[C@H]2[C@@H](OC(=O)c3ccccc3)[C@@H](OC(=O)c3ccccc3)[C@]3(C)[C@@H](OC(=O)c4ccccc4)[C@@H](OC(=O)c4ccccc4)C[C@@H](C)C13OC2(C)C. The molecular weight excluding hydrogens is 716 g/mol. The van der Waals surface area contributed by atoms with Crippen LogP contribution in [0.25, 0.3) is 0 Å². The Bertz CT molecular complexity index is 2090. The van der Waals surface area contributed by atoms with Crippen molar-refractivity contribution in [2.75, 3.05) is 0 Å². The first kappa shape index (κ1) is 38.5. The highest BCUT2D eigenvalue weighted by Crippen LogP contribution is 2.68. The van der Waals surface area contributed by atoms with Crippen LogP contribution in [0.1, 0.15) is 82.5 Å². The van der Waals surface area contributed by atoms with E-state index in [1.807, 2.05) is 6.92 Å². The summed E-state index contributed by atoms with van der Waals surface area (Å²) in [6.45, 7) is 8.45. The Morgan fingerprint density at radius 3 is 1.36 bits per heavy atom. The van der Waals surface area contributed by atoms with Crippen LogP contribution in [0.5, 0.6) is 0 Å². The van der Waals surface area contributed by atoms with E-state index < -0.39 is 88.8 Å². The van der Waals surface area contributed by atoms with Crippen LogP contribution >= 0.6 is 0 Å². The molecule has 0 amide bonds. The largest absolute Gasteiger partial charge is 0.459 e. The van der Waals surface area contributed by atoms with Crippen molar-refractivity contribution < 1.29 is 52.4 Å². The van der Waals surface area contributed by atoms with Gasteiger partial charge in [-0.05, 0) is 81.6 Å². The fourth-order valence-corrected chi connectivity index (χ4v) is 9.29. The molecule has 56 heavy (non-hydrogen) atoms. The molecule has 11 nitrogen and oxygen atoms in total. The predicted octanol–water partition coefficient (Wildman–Crippen LogP) is 7.04. The molecule has 1 unspecified atom stereocenters. The monoisotopic (exact) mass is 760 g/mol. The molecule has 2 saturated carbocycles. The summed E-state index contributed by atoms with van der Waals surface area (Å²) in [4.78, 5) is 69.5. The van der Waals surface area contributed by atoms with Gasteiger partial charge in [-0.15, -0.1) is 0 Å². The third-order valence-electron chi connectivity index (χ3n) is 11.6. The van der Waals surface area contributed by atoms with Crippen molar-refractivity contribution in [3.8, 4) is 0 Å². The number of fused-ring (bicyclic) bond motifs is 1. The molecule has 11 heteroatoms. The molecule has 1 aliphatic heterocycles. The van der Waals surface area contributed by atoms with Crippen molar-refractivity contribution in [2.45, 2.75) is 82.8 Å². The summed E-state index contributed by atoms with van der Waals surface area (Å²) >= 11 is 0. The molecule has 4 aromatic rings. The molecule has 0 radical (unpaired) electrons. The minimum atomic E-state index is -1.73. The lowest BCUT2D eigenvalue weighted by molar-refractivity contribution is -0.310. The molecule has 2 aliphatic carbocycles. The average Bonchev–Trinajstić information content (AvgIpc) is 3.40. The number of ether oxygens (including phenoxy) is 6. The lowest BCUT2D eigenvalue weighted by Crippen LogP contribution is -2.79. The third kappa shape index (κ3) is 6.63. The van der Waals surface area contributed by atoms with Crippen molar-refractivity contribution in [1.29, 1.82) is 0 Å². The maximum Gasteiger partial charge on any atom is 0.338 e. The fourth-order valence-electron chi connectivity index (χ4n) is 9.29. The molecule has 3 fully saturated rings. The maximum atomic E-state index is 14.3. The smallest absolute Gasteiger partial charge is 0.338 e. The van der Waals surface area contributed by atoms with Gasteiger partial charge >= 0.3 is 29.8 Å². The second kappa shape index (κ2) is 15.0. The van der Waals surface area contributed by atoms with E-state index in [0.717, 1.165) is 0 Å². The molecule has 1 spiro atoms. The maximum absolute atomic E-state index is 14.3. The van der Waals surface area contributed by atoms with Gasteiger partial charge in [-0.2, -0.15) is 0 Å². The van der Waals surface area contributed by atoms with Crippen molar-refractivity contribution >= 4 is 29.8 Å². The highest BCUT2D eigenvalue weighted by Gasteiger charge is 2.84. The first-order valence-electron chi connectivity index (χ1n) is 18.7. The highest BCUT2D eigenvalue weighted by atomic mass is 16.6. The number of esters is 5. The number of hydrogen-bond acceptors (Lipinski definition) is 11. The first-order valence-corrected chi connectivity index (χ1v) is 18.7. The van der Waals surface area contributed by atoms with Gasteiger partial charge in [0, 0.05) is 6.92 Å². The van der Waals surface area contributed by atoms with Crippen LogP contribution in [0, 0.1) is 17.3 Å². The van der Waals surface area contributed by atoms with Crippen molar-refractivity contribution in [3.63, 3.8) is 0 Å². The first-order chi connectivity index (χ1) is 26.8. The zero-order valence-electron chi connectivity index (χ0n) is 31.8. The van der Waals surface area contributed by atoms with E-state index in [2.05, 4.69) is 0 Å². The Hall–Kier alpha value is -5.81. The topological polar surface area (TPSA) is 141 Å². The van der Waals surface area contributed by atoms with Crippen molar-refractivity contribution in [3.05, 3.63) is 144 Å². The molecule has 9 atom stereocenters. The van der Waals surface area contributed by atoms with Crippen LogP contribution in [0.15, 0.2) is 121 Å². The van der Waals surface area contributed by atoms with E-state index in [1.165, 1.54) is 6.92 Å². The van der Waals surface area contributed by atoms with Gasteiger partial charge in [-0.25, -0.2) is 19.2 Å².